The molecule has 0 aliphatic heterocycles. The van der Waals surface area contributed by atoms with Crippen LogP contribution in [0.1, 0.15) is 73.3 Å². The summed E-state index contributed by atoms with van der Waals surface area (Å²) in [5.74, 6) is -1.56. The molecule has 3 aromatic carbocycles. The third kappa shape index (κ3) is 5.70. The van der Waals surface area contributed by atoms with Gasteiger partial charge in [-0.05, 0) is 63.9 Å². The molecule has 3 aromatic rings. The van der Waals surface area contributed by atoms with Gasteiger partial charge in [0, 0.05) is 23.5 Å². The van der Waals surface area contributed by atoms with Gasteiger partial charge in [0.1, 0.15) is 5.75 Å². The summed E-state index contributed by atoms with van der Waals surface area (Å²) in [5.41, 5.74) is 1.09. The maximum absolute atomic E-state index is 13.2. The van der Waals surface area contributed by atoms with E-state index in [2.05, 4.69) is 0 Å². The summed E-state index contributed by atoms with van der Waals surface area (Å²) in [6, 6.07) is 16.3. The Kier molecular flexibility index (Phi) is 9.10. The smallest absolute Gasteiger partial charge is 0.171 e. The zero-order valence-corrected chi connectivity index (χ0v) is 22.1. The van der Waals surface area contributed by atoms with E-state index in [4.69, 9.17) is 4.74 Å². The number of hydrogen-bond acceptors (Lipinski definition) is 5. The summed E-state index contributed by atoms with van der Waals surface area (Å²) in [4.78, 5) is 25.4. The third-order valence-corrected chi connectivity index (χ3v) is 5.88. The summed E-state index contributed by atoms with van der Waals surface area (Å²) in [6.07, 6.45) is 0. The summed E-state index contributed by atoms with van der Waals surface area (Å²) < 4.78 is 5.24. The molecule has 0 aromatic heterocycles. The van der Waals surface area contributed by atoms with Crippen LogP contribution in [-0.4, -0.2) is 24.7 Å². The Bertz CT molecular complexity index is 1190. The monoisotopic (exact) mass is 518 g/mol. The van der Waals surface area contributed by atoms with E-state index in [0.29, 0.717) is 11.3 Å². The molecular weight excluding hydrogens is 489 g/mol. The quantitative estimate of drug-likeness (QED) is 0.467. The van der Waals surface area contributed by atoms with Crippen LogP contribution in [0.4, 0.5) is 0 Å². The fraction of sp³-hybridized carbons (Fsp3) is 0.286. The molecule has 0 saturated heterocycles. The van der Waals surface area contributed by atoms with Crippen molar-refractivity contribution in [2.45, 2.75) is 45.4 Å². The molecule has 0 spiro atoms. The van der Waals surface area contributed by atoms with Crippen molar-refractivity contribution in [1.82, 2.24) is 0 Å². The van der Waals surface area contributed by atoms with Gasteiger partial charge in [-0.3, -0.25) is 9.59 Å². The van der Waals surface area contributed by atoms with Crippen molar-refractivity contribution < 1.29 is 14.9 Å². The molecule has 0 N–H and O–H groups in total. The molecule has 0 unspecified atom stereocenters. The Balaban J connectivity index is 0.00000408. The van der Waals surface area contributed by atoms with E-state index >= 15 is 0 Å². The standard InChI is InChI=1S/C28H30O5.Ge/c1-16(2)19-8-12-22(27(31)24(29)14-19)26(18-6-10-21(33-5)11-7-18)23-13-9-20(17(3)4)15-25(30)28(23)32;/h6-17,26H,1-5H3,(H,29,31)(H,30,32);/p-2. The molecule has 5 nitrogen and oxygen atoms in total. The van der Waals surface area contributed by atoms with Gasteiger partial charge >= 0.3 is 0 Å². The summed E-state index contributed by atoms with van der Waals surface area (Å²) in [7, 11) is 1.54. The van der Waals surface area contributed by atoms with E-state index in [0.717, 1.165) is 11.1 Å². The van der Waals surface area contributed by atoms with Crippen LogP contribution in [0.3, 0.4) is 0 Å². The predicted molar refractivity (Wildman–Crippen MR) is 132 cm³/mol. The summed E-state index contributed by atoms with van der Waals surface area (Å²) in [6.45, 7) is 7.74. The molecule has 6 heteroatoms. The van der Waals surface area contributed by atoms with Crippen LogP contribution in [0.5, 0.6) is 17.2 Å². The van der Waals surface area contributed by atoms with Crippen molar-refractivity contribution in [3.05, 3.63) is 109 Å². The van der Waals surface area contributed by atoms with Gasteiger partial charge in [-0.15, -0.1) is 0 Å². The average Bonchev–Trinajstić information content (AvgIpc) is 3.03. The minimum Gasteiger partial charge on any atom is -0.870 e. The molecule has 0 heterocycles. The maximum atomic E-state index is 13.2. The molecule has 4 radical (unpaired) electrons. The second kappa shape index (κ2) is 11.4. The maximum Gasteiger partial charge on any atom is 0.171 e. The van der Waals surface area contributed by atoms with Crippen LogP contribution in [0.25, 0.3) is 0 Å². The van der Waals surface area contributed by atoms with Gasteiger partial charge < -0.3 is 14.9 Å². The fourth-order valence-corrected chi connectivity index (χ4v) is 3.83. The first-order valence-corrected chi connectivity index (χ1v) is 11.0. The van der Waals surface area contributed by atoms with Crippen molar-refractivity contribution in [3.8, 4) is 17.2 Å². The summed E-state index contributed by atoms with van der Waals surface area (Å²) in [5, 5.41) is 26.4. The molecular formula is C28H28GeO5-2. The van der Waals surface area contributed by atoms with E-state index in [1.165, 1.54) is 12.1 Å². The van der Waals surface area contributed by atoms with Crippen LogP contribution in [-0.2, 0) is 0 Å². The van der Waals surface area contributed by atoms with Crippen molar-refractivity contribution in [2.24, 2.45) is 0 Å². The van der Waals surface area contributed by atoms with Gasteiger partial charge in [-0.2, -0.15) is 0 Å². The molecule has 0 aliphatic carbocycles. The van der Waals surface area contributed by atoms with Gasteiger partial charge in [0.2, 0.25) is 0 Å². The second-order valence-electron chi connectivity index (χ2n) is 8.77. The second-order valence-corrected chi connectivity index (χ2v) is 8.77. The van der Waals surface area contributed by atoms with E-state index in [1.54, 1.807) is 55.6 Å². The molecule has 0 aliphatic rings. The van der Waals surface area contributed by atoms with Gasteiger partial charge in [0.15, 0.2) is 10.9 Å². The fourth-order valence-electron chi connectivity index (χ4n) is 3.83. The third-order valence-electron chi connectivity index (χ3n) is 5.88. The normalized spacial score (nSPS) is 10.9. The van der Waals surface area contributed by atoms with E-state index < -0.39 is 28.3 Å². The SMILES string of the molecule is COc1ccc(C(c2ccc(C(C)C)cc(=O)c2[O-])c2ccc(C(C)C)cc(=O)c2[O-])cc1.[Ge]. The minimum atomic E-state index is -0.879. The first-order chi connectivity index (χ1) is 15.6. The van der Waals surface area contributed by atoms with Crippen LogP contribution >= 0.6 is 0 Å². The number of rotatable bonds is 6. The molecule has 0 bridgehead atoms. The molecule has 0 fully saturated rings. The molecule has 34 heavy (non-hydrogen) atoms. The molecule has 176 valence electrons. The number of hydrogen-bond donors (Lipinski definition) is 0. The largest absolute Gasteiger partial charge is 0.870 e. The van der Waals surface area contributed by atoms with Crippen molar-refractivity contribution in [3.63, 3.8) is 0 Å². The average molecular weight is 517 g/mol. The molecule has 0 atom stereocenters. The van der Waals surface area contributed by atoms with Gasteiger partial charge in [-0.25, -0.2) is 0 Å². The Morgan fingerprint density at radius 3 is 1.38 bits per heavy atom. The summed E-state index contributed by atoms with van der Waals surface area (Å²) >= 11 is 0. The van der Waals surface area contributed by atoms with Gasteiger partial charge in [0.25, 0.3) is 0 Å². The first kappa shape index (κ1) is 27.2. The van der Waals surface area contributed by atoms with Crippen LogP contribution in [0, 0.1) is 0 Å². The zero-order chi connectivity index (χ0) is 24.3. The van der Waals surface area contributed by atoms with Crippen LogP contribution < -0.4 is 25.8 Å². The number of methoxy groups -OCH3 is 1. The van der Waals surface area contributed by atoms with Crippen LogP contribution in [0.2, 0.25) is 0 Å². The Morgan fingerprint density at radius 2 is 1.03 bits per heavy atom. The van der Waals surface area contributed by atoms with E-state index in [9.17, 15) is 19.8 Å². The number of ether oxygens (including phenoxy) is 1. The van der Waals surface area contributed by atoms with Crippen molar-refractivity contribution in [2.75, 3.05) is 7.11 Å². The molecule has 3 rings (SSSR count). The predicted octanol–water partition coefficient (Wildman–Crippen LogP) is 3.61. The van der Waals surface area contributed by atoms with E-state index in [-0.39, 0.29) is 40.6 Å². The van der Waals surface area contributed by atoms with Crippen LogP contribution in [0.15, 0.2) is 70.3 Å². The van der Waals surface area contributed by atoms with Crippen molar-refractivity contribution in [1.29, 1.82) is 0 Å². The Hall–Kier alpha value is -3.06. The van der Waals surface area contributed by atoms with Gasteiger partial charge in [-0.1, -0.05) is 75.6 Å². The Morgan fingerprint density at radius 1 is 0.647 bits per heavy atom. The molecule has 0 amide bonds. The number of benzene rings is 1. The molecule has 0 saturated carbocycles. The Labute approximate surface area is 211 Å². The first-order valence-electron chi connectivity index (χ1n) is 11.0. The van der Waals surface area contributed by atoms with Gasteiger partial charge in [0.05, 0.1) is 7.11 Å². The van der Waals surface area contributed by atoms with Crippen molar-refractivity contribution >= 4 is 17.6 Å². The zero-order valence-electron chi connectivity index (χ0n) is 20.0. The minimum absolute atomic E-state index is 0. The topological polar surface area (TPSA) is 89.5 Å². The van der Waals surface area contributed by atoms with E-state index in [1.807, 2.05) is 27.7 Å².